The molecule has 0 aliphatic rings. The summed E-state index contributed by atoms with van der Waals surface area (Å²) in [6.45, 7) is 1.53. The normalized spacial score (nSPS) is 12.5. The highest BCUT2D eigenvalue weighted by atomic mass is 79.9. The van der Waals surface area contributed by atoms with Crippen molar-refractivity contribution in [1.29, 1.82) is 0 Å². The van der Waals surface area contributed by atoms with Gasteiger partial charge in [-0.1, -0.05) is 44.0 Å². The first-order valence-corrected chi connectivity index (χ1v) is 7.08. The van der Waals surface area contributed by atoms with Crippen molar-refractivity contribution in [2.24, 2.45) is 0 Å². The predicted octanol–water partition coefficient (Wildman–Crippen LogP) is 4.88. The van der Waals surface area contributed by atoms with Crippen LogP contribution in [0.15, 0.2) is 39.3 Å². The Balaban J connectivity index is 2.56. The second-order valence-electron chi connectivity index (χ2n) is 4.16. The SMILES string of the molecule is Cc1ccc(F)c(C(O)c2ccc(Br)cc2Br)c1F. The van der Waals surface area contributed by atoms with Crippen LogP contribution in [0, 0.1) is 18.6 Å². The fourth-order valence-corrected chi connectivity index (χ4v) is 3.07. The van der Waals surface area contributed by atoms with Crippen LogP contribution in [0.3, 0.4) is 0 Å². The van der Waals surface area contributed by atoms with Crippen LogP contribution in [0.2, 0.25) is 0 Å². The lowest BCUT2D eigenvalue weighted by atomic mass is 9.98. The second-order valence-corrected chi connectivity index (χ2v) is 5.93. The number of aliphatic hydroxyl groups excluding tert-OH is 1. The van der Waals surface area contributed by atoms with Gasteiger partial charge in [0.15, 0.2) is 0 Å². The molecular weight excluding hydrogens is 382 g/mol. The molecule has 1 N–H and O–H groups in total. The molecule has 0 aliphatic heterocycles. The highest BCUT2D eigenvalue weighted by molar-refractivity contribution is 9.11. The van der Waals surface area contributed by atoms with Crippen molar-refractivity contribution < 1.29 is 13.9 Å². The van der Waals surface area contributed by atoms with Crippen molar-refractivity contribution in [3.63, 3.8) is 0 Å². The minimum Gasteiger partial charge on any atom is -0.383 e. The van der Waals surface area contributed by atoms with E-state index in [4.69, 9.17) is 0 Å². The van der Waals surface area contributed by atoms with Crippen LogP contribution < -0.4 is 0 Å². The van der Waals surface area contributed by atoms with Gasteiger partial charge in [0, 0.05) is 8.95 Å². The highest BCUT2D eigenvalue weighted by Crippen LogP contribution is 2.33. The minimum atomic E-state index is -1.36. The molecule has 0 radical (unpaired) electrons. The molecule has 0 aliphatic carbocycles. The summed E-state index contributed by atoms with van der Waals surface area (Å²) in [7, 11) is 0. The molecular formula is C14H10Br2F2O. The molecule has 2 aromatic carbocycles. The van der Waals surface area contributed by atoms with E-state index in [1.807, 2.05) is 0 Å². The summed E-state index contributed by atoms with van der Waals surface area (Å²) < 4.78 is 29.1. The van der Waals surface area contributed by atoms with Gasteiger partial charge in [-0.2, -0.15) is 0 Å². The largest absolute Gasteiger partial charge is 0.383 e. The van der Waals surface area contributed by atoms with Gasteiger partial charge in [-0.3, -0.25) is 0 Å². The maximum Gasteiger partial charge on any atom is 0.135 e. The van der Waals surface area contributed by atoms with Crippen LogP contribution >= 0.6 is 31.9 Å². The summed E-state index contributed by atoms with van der Waals surface area (Å²) in [4.78, 5) is 0. The number of benzene rings is 2. The molecule has 1 atom stereocenters. The van der Waals surface area contributed by atoms with Crippen LogP contribution in [0.4, 0.5) is 8.78 Å². The minimum absolute atomic E-state index is 0.295. The zero-order valence-electron chi connectivity index (χ0n) is 9.92. The van der Waals surface area contributed by atoms with Crippen LogP contribution in [0.5, 0.6) is 0 Å². The number of hydrogen-bond acceptors (Lipinski definition) is 1. The van der Waals surface area contributed by atoms with Crippen molar-refractivity contribution in [2.75, 3.05) is 0 Å². The van der Waals surface area contributed by atoms with Crippen molar-refractivity contribution in [3.05, 3.63) is 67.6 Å². The summed E-state index contributed by atoms with van der Waals surface area (Å²) in [6, 6.07) is 7.53. The molecule has 1 nitrogen and oxygen atoms in total. The van der Waals surface area contributed by atoms with Crippen molar-refractivity contribution in [1.82, 2.24) is 0 Å². The summed E-state index contributed by atoms with van der Waals surface area (Å²) in [5.41, 5.74) is 0.373. The first-order valence-electron chi connectivity index (χ1n) is 5.49. The molecule has 100 valence electrons. The molecule has 19 heavy (non-hydrogen) atoms. The molecule has 5 heteroatoms. The summed E-state index contributed by atoms with van der Waals surface area (Å²) >= 11 is 6.56. The molecule has 0 heterocycles. The fraction of sp³-hybridized carbons (Fsp3) is 0.143. The molecule has 0 amide bonds. The number of aliphatic hydroxyl groups is 1. The number of aryl methyl sites for hydroxylation is 1. The van der Waals surface area contributed by atoms with Gasteiger partial charge >= 0.3 is 0 Å². The third-order valence-corrected chi connectivity index (χ3v) is 4.03. The van der Waals surface area contributed by atoms with Gasteiger partial charge in [0.25, 0.3) is 0 Å². The lowest BCUT2D eigenvalue weighted by molar-refractivity contribution is 0.208. The van der Waals surface area contributed by atoms with Gasteiger partial charge in [0.05, 0.1) is 5.56 Å². The molecule has 0 aromatic heterocycles. The van der Waals surface area contributed by atoms with E-state index in [0.717, 1.165) is 10.5 Å². The highest BCUT2D eigenvalue weighted by Gasteiger charge is 2.22. The lowest BCUT2D eigenvalue weighted by Crippen LogP contribution is -2.07. The van der Waals surface area contributed by atoms with E-state index >= 15 is 0 Å². The molecule has 2 rings (SSSR count). The Bertz CT molecular complexity index is 629. The van der Waals surface area contributed by atoms with E-state index in [-0.39, 0.29) is 5.56 Å². The molecule has 2 aromatic rings. The monoisotopic (exact) mass is 390 g/mol. The average Bonchev–Trinajstić information content (AvgIpc) is 2.34. The van der Waals surface area contributed by atoms with Gasteiger partial charge in [-0.25, -0.2) is 8.78 Å². The lowest BCUT2D eigenvalue weighted by Gasteiger charge is -2.16. The zero-order valence-corrected chi connectivity index (χ0v) is 13.1. The van der Waals surface area contributed by atoms with Crippen LogP contribution in [0.25, 0.3) is 0 Å². The Morgan fingerprint density at radius 2 is 1.79 bits per heavy atom. The number of halogens is 4. The summed E-state index contributed by atoms with van der Waals surface area (Å²) in [5, 5.41) is 10.2. The van der Waals surface area contributed by atoms with Crippen molar-refractivity contribution in [2.45, 2.75) is 13.0 Å². The van der Waals surface area contributed by atoms with Crippen molar-refractivity contribution >= 4 is 31.9 Å². The van der Waals surface area contributed by atoms with Crippen LogP contribution in [-0.4, -0.2) is 5.11 Å². The van der Waals surface area contributed by atoms with Gasteiger partial charge in [-0.05, 0) is 36.2 Å². The number of hydrogen-bond donors (Lipinski definition) is 1. The Kier molecular flexibility index (Phi) is 4.38. The van der Waals surface area contributed by atoms with E-state index in [1.54, 1.807) is 18.2 Å². The Hall–Kier alpha value is -0.780. The third-order valence-electron chi connectivity index (χ3n) is 2.85. The standard InChI is InChI=1S/C14H10Br2F2O/c1-7-2-5-11(17)12(13(7)18)14(19)9-4-3-8(15)6-10(9)16/h2-6,14,19H,1H3. The molecule has 0 spiro atoms. The topological polar surface area (TPSA) is 20.2 Å². The first-order chi connectivity index (χ1) is 8.91. The second kappa shape index (κ2) is 5.69. The predicted molar refractivity (Wildman–Crippen MR) is 77.0 cm³/mol. The Morgan fingerprint density at radius 1 is 1.11 bits per heavy atom. The van der Waals surface area contributed by atoms with E-state index in [1.165, 1.54) is 13.0 Å². The smallest absolute Gasteiger partial charge is 0.135 e. The van der Waals surface area contributed by atoms with Gasteiger partial charge < -0.3 is 5.11 Å². The van der Waals surface area contributed by atoms with E-state index in [2.05, 4.69) is 31.9 Å². The van der Waals surface area contributed by atoms with E-state index in [9.17, 15) is 13.9 Å². The summed E-state index contributed by atoms with van der Waals surface area (Å²) in [6.07, 6.45) is -1.36. The molecule has 0 bridgehead atoms. The first kappa shape index (κ1) is 14.6. The zero-order chi connectivity index (χ0) is 14.2. The number of rotatable bonds is 2. The molecule has 0 fully saturated rings. The van der Waals surface area contributed by atoms with E-state index < -0.39 is 17.7 Å². The van der Waals surface area contributed by atoms with Crippen LogP contribution in [-0.2, 0) is 0 Å². The van der Waals surface area contributed by atoms with Gasteiger partial charge in [0.2, 0.25) is 0 Å². The maximum atomic E-state index is 14.0. The quantitative estimate of drug-likeness (QED) is 0.773. The maximum absolute atomic E-state index is 14.0. The third kappa shape index (κ3) is 2.88. The van der Waals surface area contributed by atoms with Crippen LogP contribution in [0.1, 0.15) is 22.8 Å². The average molecular weight is 392 g/mol. The van der Waals surface area contributed by atoms with Gasteiger partial charge in [0.1, 0.15) is 17.7 Å². The molecule has 0 saturated heterocycles. The Morgan fingerprint density at radius 3 is 2.42 bits per heavy atom. The molecule has 0 saturated carbocycles. The van der Waals surface area contributed by atoms with Crippen molar-refractivity contribution in [3.8, 4) is 0 Å². The Labute approximate surface area is 126 Å². The fourth-order valence-electron chi connectivity index (χ4n) is 1.81. The van der Waals surface area contributed by atoms with Gasteiger partial charge in [-0.15, -0.1) is 0 Å². The molecule has 1 unspecified atom stereocenters. The van der Waals surface area contributed by atoms with E-state index in [0.29, 0.717) is 15.6 Å². The summed E-state index contributed by atoms with van der Waals surface area (Å²) in [5.74, 6) is -1.48.